The molecule has 3 nitrogen and oxygen atoms in total. The summed E-state index contributed by atoms with van der Waals surface area (Å²) in [6, 6.07) is 9.15. The molecule has 2 rings (SSSR count). The molecule has 1 aliphatic rings. The van der Waals surface area contributed by atoms with Gasteiger partial charge in [0, 0.05) is 37.4 Å². The summed E-state index contributed by atoms with van der Waals surface area (Å²) < 4.78 is 6.06. The number of ether oxygens (including phenoxy) is 1. The lowest BCUT2D eigenvalue weighted by molar-refractivity contribution is 0.211. The summed E-state index contributed by atoms with van der Waals surface area (Å²) in [5.41, 5.74) is 1.24. The number of nitrogens with one attached hydrogen (secondary N) is 1. The Hall–Kier alpha value is -1.22. The fourth-order valence-electron chi connectivity index (χ4n) is 3.08. The maximum absolute atomic E-state index is 6.06. The van der Waals surface area contributed by atoms with Gasteiger partial charge >= 0.3 is 0 Å². The number of hydrogen-bond donors (Lipinski definition) is 1. The first-order valence-electron chi connectivity index (χ1n) is 8.48. The molecule has 21 heavy (non-hydrogen) atoms. The Balaban J connectivity index is 1.84. The standard InChI is InChI=1S/C18H30N2O/c1-4-20(5-2)17-11-8-12-18(13-17)21-15(3)14-19-16-9-6-7-10-16/h8,11-13,15-16,19H,4-7,9-10,14H2,1-3H3. The molecule has 1 unspecified atom stereocenters. The third kappa shape index (κ3) is 4.92. The van der Waals surface area contributed by atoms with Crippen molar-refractivity contribution in [2.75, 3.05) is 24.5 Å². The van der Waals surface area contributed by atoms with Gasteiger partial charge in [0.1, 0.15) is 11.9 Å². The van der Waals surface area contributed by atoms with Crippen molar-refractivity contribution in [3.8, 4) is 5.75 Å². The second-order valence-electron chi connectivity index (χ2n) is 5.99. The zero-order chi connectivity index (χ0) is 15.1. The van der Waals surface area contributed by atoms with Crippen LogP contribution in [0.5, 0.6) is 5.75 Å². The highest BCUT2D eigenvalue weighted by atomic mass is 16.5. The van der Waals surface area contributed by atoms with E-state index in [4.69, 9.17) is 4.74 Å². The summed E-state index contributed by atoms with van der Waals surface area (Å²) >= 11 is 0. The smallest absolute Gasteiger partial charge is 0.121 e. The Bertz CT molecular complexity index is 411. The molecule has 0 aromatic heterocycles. The molecular weight excluding hydrogens is 260 g/mol. The first kappa shape index (κ1) is 16.2. The minimum atomic E-state index is 0.206. The average Bonchev–Trinajstić information content (AvgIpc) is 3.00. The molecule has 1 aliphatic carbocycles. The van der Waals surface area contributed by atoms with E-state index in [0.29, 0.717) is 6.04 Å². The molecule has 1 atom stereocenters. The molecule has 3 heteroatoms. The third-order valence-electron chi connectivity index (χ3n) is 4.33. The number of benzene rings is 1. The van der Waals surface area contributed by atoms with Crippen LogP contribution in [0, 0.1) is 0 Å². The minimum Gasteiger partial charge on any atom is -0.489 e. The molecule has 118 valence electrons. The second-order valence-corrected chi connectivity index (χ2v) is 5.99. The Kier molecular flexibility index (Phi) is 6.37. The summed E-state index contributed by atoms with van der Waals surface area (Å²) in [4.78, 5) is 2.34. The Morgan fingerprint density at radius 2 is 1.95 bits per heavy atom. The van der Waals surface area contributed by atoms with Crippen molar-refractivity contribution in [3.05, 3.63) is 24.3 Å². The molecule has 1 fully saturated rings. The van der Waals surface area contributed by atoms with Gasteiger partial charge in [-0.05, 0) is 45.7 Å². The predicted molar refractivity (Wildman–Crippen MR) is 90.4 cm³/mol. The molecule has 1 saturated carbocycles. The van der Waals surface area contributed by atoms with Crippen molar-refractivity contribution in [2.45, 2.75) is 58.6 Å². The second kappa shape index (κ2) is 8.28. The summed E-state index contributed by atoms with van der Waals surface area (Å²) in [5, 5.41) is 3.63. The van der Waals surface area contributed by atoms with Crippen LogP contribution < -0.4 is 15.0 Å². The number of nitrogens with zero attached hydrogens (tertiary/aromatic N) is 1. The molecule has 0 heterocycles. The van der Waals surface area contributed by atoms with E-state index in [2.05, 4.69) is 55.3 Å². The van der Waals surface area contributed by atoms with Crippen LogP contribution in [0.15, 0.2) is 24.3 Å². The van der Waals surface area contributed by atoms with Crippen molar-refractivity contribution < 1.29 is 4.74 Å². The Morgan fingerprint density at radius 3 is 2.62 bits per heavy atom. The lowest BCUT2D eigenvalue weighted by Crippen LogP contribution is -2.35. The van der Waals surface area contributed by atoms with E-state index in [0.717, 1.165) is 25.4 Å². The monoisotopic (exact) mass is 290 g/mol. The van der Waals surface area contributed by atoms with Gasteiger partial charge in [-0.2, -0.15) is 0 Å². The lowest BCUT2D eigenvalue weighted by Gasteiger charge is -2.23. The van der Waals surface area contributed by atoms with Gasteiger partial charge in [0.05, 0.1) is 0 Å². The lowest BCUT2D eigenvalue weighted by atomic mass is 10.2. The SMILES string of the molecule is CCN(CC)c1cccc(OC(C)CNC2CCCC2)c1. The van der Waals surface area contributed by atoms with Gasteiger partial charge in [0.15, 0.2) is 0 Å². The predicted octanol–water partition coefficient (Wildman–Crippen LogP) is 3.83. The van der Waals surface area contributed by atoms with Crippen LogP contribution in [0.1, 0.15) is 46.5 Å². The molecule has 0 radical (unpaired) electrons. The number of anilines is 1. The van der Waals surface area contributed by atoms with Crippen molar-refractivity contribution >= 4 is 5.69 Å². The summed E-state index contributed by atoms with van der Waals surface area (Å²) in [5.74, 6) is 0.972. The summed E-state index contributed by atoms with van der Waals surface area (Å²) in [6.45, 7) is 9.50. The highest BCUT2D eigenvalue weighted by Gasteiger charge is 2.15. The normalized spacial score (nSPS) is 16.9. The van der Waals surface area contributed by atoms with E-state index in [-0.39, 0.29) is 6.10 Å². The first-order chi connectivity index (χ1) is 10.2. The fraction of sp³-hybridized carbons (Fsp3) is 0.667. The zero-order valence-corrected chi connectivity index (χ0v) is 13.8. The van der Waals surface area contributed by atoms with Crippen LogP contribution in [0.3, 0.4) is 0 Å². The quantitative estimate of drug-likeness (QED) is 0.787. The zero-order valence-electron chi connectivity index (χ0n) is 13.8. The molecule has 1 aromatic carbocycles. The van der Waals surface area contributed by atoms with Crippen LogP contribution in [0.2, 0.25) is 0 Å². The first-order valence-corrected chi connectivity index (χ1v) is 8.48. The van der Waals surface area contributed by atoms with Crippen LogP contribution in [0.4, 0.5) is 5.69 Å². The van der Waals surface area contributed by atoms with E-state index in [9.17, 15) is 0 Å². The van der Waals surface area contributed by atoms with Crippen molar-refractivity contribution in [1.29, 1.82) is 0 Å². The van der Waals surface area contributed by atoms with Crippen LogP contribution in [-0.4, -0.2) is 31.8 Å². The molecule has 1 aromatic rings. The minimum absolute atomic E-state index is 0.206. The van der Waals surface area contributed by atoms with Crippen LogP contribution in [-0.2, 0) is 0 Å². The number of rotatable bonds is 8. The van der Waals surface area contributed by atoms with Gasteiger partial charge < -0.3 is 15.0 Å². The van der Waals surface area contributed by atoms with Gasteiger partial charge in [-0.1, -0.05) is 18.9 Å². The molecular formula is C18H30N2O. The van der Waals surface area contributed by atoms with Crippen LogP contribution >= 0.6 is 0 Å². The molecule has 0 bridgehead atoms. The van der Waals surface area contributed by atoms with Crippen molar-refractivity contribution in [1.82, 2.24) is 5.32 Å². The maximum atomic E-state index is 6.06. The molecule has 1 N–H and O–H groups in total. The van der Waals surface area contributed by atoms with E-state index >= 15 is 0 Å². The topological polar surface area (TPSA) is 24.5 Å². The van der Waals surface area contributed by atoms with Gasteiger partial charge in [-0.15, -0.1) is 0 Å². The molecule has 0 aliphatic heterocycles. The average molecular weight is 290 g/mol. The van der Waals surface area contributed by atoms with Gasteiger partial charge in [0.25, 0.3) is 0 Å². The highest BCUT2D eigenvalue weighted by molar-refractivity contribution is 5.50. The number of hydrogen-bond acceptors (Lipinski definition) is 3. The third-order valence-corrected chi connectivity index (χ3v) is 4.33. The highest BCUT2D eigenvalue weighted by Crippen LogP contribution is 2.22. The Morgan fingerprint density at radius 1 is 1.24 bits per heavy atom. The molecule has 0 amide bonds. The largest absolute Gasteiger partial charge is 0.489 e. The van der Waals surface area contributed by atoms with E-state index in [1.54, 1.807) is 0 Å². The van der Waals surface area contributed by atoms with Gasteiger partial charge in [-0.3, -0.25) is 0 Å². The molecule has 0 spiro atoms. The van der Waals surface area contributed by atoms with E-state index in [1.807, 2.05) is 0 Å². The van der Waals surface area contributed by atoms with Crippen LogP contribution in [0.25, 0.3) is 0 Å². The maximum Gasteiger partial charge on any atom is 0.121 e. The van der Waals surface area contributed by atoms with Gasteiger partial charge in [-0.25, -0.2) is 0 Å². The fourth-order valence-corrected chi connectivity index (χ4v) is 3.08. The Labute approximate surface area is 129 Å². The van der Waals surface area contributed by atoms with E-state index < -0.39 is 0 Å². The van der Waals surface area contributed by atoms with Crippen molar-refractivity contribution in [3.63, 3.8) is 0 Å². The summed E-state index contributed by atoms with van der Waals surface area (Å²) in [6.07, 6.45) is 5.60. The van der Waals surface area contributed by atoms with E-state index in [1.165, 1.54) is 31.4 Å². The molecule has 0 saturated heterocycles. The van der Waals surface area contributed by atoms with Crippen molar-refractivity contribution in [2.24, 2.45) is 0 Å². The summed E-state index contributed by atoms with van der Waals surface area (Å²) in [7, 11) is 0. The van der Waals surface area contributed by atoms with Gasteiger partial charge in [0.2, 0.25) is 0 Å².